The van der Waals surface area contributed by atoms with E-state index in [0.717, 1.165) is 21.6 Å². The van der Waals surface area contributed by atoms with Gasteiger partial charge in [0.1, 0.15) is 0 Å². The largest absolute Gasteiger partial charge is 0.301 e. The number of benzene rings is 2. The lowest BCUT2D eigenvalue weighted by atomic mass is 10.2. The molecule has 0 unspecified atom stereocenters. The number of non-ortho nitro benzene ring substituents is 1. The van der Waals surface area contributed by atoms with Crippen LogP contribution >= 0.6 is 34.4 Å². The number of hydrogen-bond donors (Lipinski definition) is 2. The molecule has 10 nitrogen and oxygen atoms in total. The SMILES string of the molecule is O=C(CSc1nnc(NC(=O)c2cccc([N+](=O)[O-])c2)s1)Nc1nc2ccccc2s1. The predicted molar refractivity (Wildman–Crippen MR) is 120 cm³/mol. The Morgan fingerprint density at radius 1 is 1.03 bits per heavy atom. The van der Waals surface area contributed by atoms with Crippen molar-refractivity contribution in [3.05, 3.63) is 64.2 Å². The maximum Gasteiger partial charge on any atom is 0.270 e. The van der Waals surface area contributed by atoms with Gasteiger partial charge in [-0.05, 0) is 18.2 Å². The number of thiazole rings is 1. The summed E-state index contributed by atoms with van der Waals surface area (Å²) in [6.07, 6.45) is 0. The van der Waals surface area contributed by atoms with E-state index in [1.807, 2.05) is 24.3 Å². The van der Waals surface area contributed by atoms with Crippen molar-refractivity contribution in [1.82, 2.24) is 15.2 Å². The monoisotopic (exact) mass is 472 g/mol. The summed E-state index contributed by atoms with van der Waals surface area (Å²) in [5, 5.41) is 24.7. The molecule has 31 heavy (non-hydrogen) atoms. The van der Waals surface area contributed by atoms with Gasteiger partial charge in [0.2, 0.25) is 11.0 Å². The van der Waals surface area contributed by atoms with Crippen LogP contribution in [0.3, 0.4) is 0 Å². The Morgan fingerprint density at radius 2 is 1.87 bits per heavy atom. The summed E-state index contributed by atoms with van der Waals surface area (Å²) in [6, 6.07) is 13.0. The topological polar surface area (TPSA) is 140 Å². The van der Waals surface area contributed by atoms with Gasteiger partial charge in [-0.3, -0.25) is 25.0 Å². The molecule has 2 amide bonds. The predicted octanol–water partition coefficient (Wildman–Crippen LogP) is 4.04. The number of nitro groups is 1. The third-order valence-corrected chi connectivity index (χ3v) is 6.74. The number of carbonyl (C=O) groups excluding carboxylic acids is 2. The van der Waals surface area contributed by atoms with Crippen molar-refractivity contribution in [2.24, 2.45) is 0 Å². The molecule has 0 atom stereocenters. The molecule has 0 spiro atoms. The van der Waals surface area contributed by atoms with Crippen molar-refractivity contribution >= 4 is 72.4 Å². The molecule has 0 fully saturated rings. The zero-order valence-electron chi connectivity index (χ0n) is 15.5. The molecule has 2 heterocycles. The lowest BCUT2D eigenvalue weighted by Gasteiger charge is -2.01. The number of anilines is 2. The second-order valence-electron chi connectivity index (χ2n) is 5.96. The van der Waals surface area contributed by atoms with Gasteiger partial charge < -0.3 is 5.32 Å². The first-order valence-electron chi connectivity index (χ1n) is 8.65. The summed E-state index contributed by atoms with van der Waals surface area (Å²) in [5.41, 5.74) is 0.776. The van der Waals surface area contributed by atoms with Gasteiger partial charge in [0, 0.05) is 17.7 Å². The average Bonchev–Trinajstić information content (AvgIpc) is 3.38. The summed E-state index contributed by atoms with van der Waals surface area (Å²) < 4.78 is 1.48. The van der Waals surface area contributed by atoms with Gasteiger partial charge in [-0.1, -0.05) is 52.6 Å². The van der Waals surface area contributed by atoms with Crippen molar-refractivity contribution in [3.8, 4) is 0 Å². The van der Waals surface area contributed by atoms with E-state index in [0.29, 0.717) is 9.47 Å². The van der Waals surface area contributed by atoms with Gasteiger partial charge in [-0.15, -0.1) is 10.2 Å². The molecule has 0 bridgehead atoms. The zero-order valence-corrected chi connectivity index (χ0v) is 17.9. The van der Waals surface area contributed by atoms with Gasteiger partial charge >= 0.3 is 0 Å². The van der Waals surface area contributed by atoms with Crippen molar-refractivity contribution < 1.29 is 14.5 Å². The van der Waals surface area contributed by atoms with Crippen LogP contribution in [0.15, 0.2) is 52.9 Å². The van der Waals surface area contributed by atoms with Gasteiger partial charge in [-0.25, -0.2) is 4.98 Å². The smallest absolute Gasteiger partial charge is 0.270 e. The number of para-hydroxylation sites is 1. The number of thioether (sulfide) groups is 1. The fourth-order valence-electron chi connectivity index (χ4n) is 2.46. The standard InChI is InChI=1S/C18H12N6O4S3/c25-14(20-16-19-12-6-1-2-7-13(12)30-16)9-29-18-23-22-17(31-18)21-15(26)10-4-3-5-11(8-10)24(27)28/h1-8H,9H2,(H,19,20,25)(H,21,22,26). The van der Waals surface area contributed by atoms with E-state index in [2.05, 4.69) is 25.8 Å². The van der Waals surface area contributed by atoms with E-state index in [-0.39, 0.29) is 28.0 Å². The number of nitrogens with zero attached hydrogens (tertiary/aromatic N) is 4. The normalized spacial score (nSPS) is 10.7. The summed E-state index contributed by atoms with van der Waals surface area (Å²) in [5.74, 6) is -0.671. The van der Waals surface area contributed by atoms with Crippen LogP contribution in [0.4, 0.5) is 16.0 Å². The molecule has 2 aromatic carbocycles. The molecule has 2 N–H and O–H groups in total. The van der Waals surface area contributed by atoms with Crippen LogP contribution in [0.25, 0.3) is 10.2 Å². The highest BCUT2D eigenvalue weighted by Gasteiger charge is 2.15. The highest BCUT2D eigenvalue weighted by molar-refractivity contribution is 8.01. The summed E-state index contributed by atoms with van der Waals surface area (Å²) >= 11 is 3.67. The zero-order chi connectivity index (χ0) is 21.8. The van der Waals surface area contributed by atoms with Crippen LogP contribution in [0.5, 0.6) is 0 Å². The number of carbonyl (C=O) groups is 2. The number of nitrogens with one attached hydrogen (secondary N) is 2. The van der Waals surface area contributed by atoms with E-state index in [4.69, 9.17) is 0 Å². The maximum atomic E-state index is 12.3. The first-order valence-corrected chi connectivity index (χ1v) is 11.3. The molecule has 0 aliphatic rings. The molecule has 0 aliphatic carbocycles. The number of fused-ring (bicyclic) bond motifs is 1. The molecular weight excluding hydrogens is 460 g/mol. The van der Waals surface area contributed by atoms with Crippen molar-refractivity contribution in [2.75, 3.05) is 16.4 Å². The molecule has 0 aliphatic heterocycles. The number of aromatic nitrogens is 3. The third kappa shape index (κ3) is 5.20. The minimum absolute atomic E-state index is 0.101. The molecule has 0 radical (unpaired) electrons. The summed E-state index contributed by atoms with van der Waals surface area (Å²) in [7, 11) is 0. The minimum Gasteiger partial charge on any atom is -0.301 e. The van der Waals surface area contributed by atoms with Crippen LogP contribution < -0.4 is 10.6 Å². The second kappa shape index (κ2) is 9.16. The average molecular weight is 473 g/mol. The van der Waals surface area contributed by atoms with Gasteiger partial charge in [0.15, 0.2) is 9.47 Å². The van der Waals surface area contributed by atoms with E-state index in [9.17, 15) is 19.7 Å². The van der Waals surface area contributed by atoms with Crippen LogP contribution in [-0.4, -0.2) is 37.7 Å². The molecule has 2 aromatic heterocycles. The summed E-state index contributed by atoms with van der Waals surface area (Å²) in [6.45, 7) is 0. The van der Waals surface area contributed by atoms with Gasteiger partial charge in [0.25, 0.3) is 11.6 Å². The van der Waals surface area contributed by atoms with Crippen LogP contribution in [0.1, 0.15) is 10.4 Å². The Bertz CT molecular complexity index is 1260. The Balaban J connectivity index is 1.31. The molecule has 0 saturated carbocycles. The van der Waals surface area contributed by atoms with Gasteiger partial charge in [0.05, 0.1) is 20.9 Å². The van der Waals surface area contributed by atoms with E-state index >= 15 is 0 Å². The first kappa shape index (κ1) is 20.8. The van der Waals surface area contributed by atoms with Crippen LogP contribution in [-0.2, 0) is 4.79 Å². The molecular formula is C18H12N6O4S3. The third-order valence-electron chi connectivity index (χ3n) is 3.81. The fourth-order valence-corrected chi connectivity index (χ4v) is 4.89. The lowest BCUT2D eigenvalue weighted by Crippen LogP contribution is -2.13. The molecule has 4 aromatic rings. The van der Waals surface area contributed by atoms with E-state index in [1.165, 1.54) is 47.4 Å². The quantitative estimate of drug-likeness (QED) is 0.178. The molecule has 0 saturated heterocycles. The number of nitro benzene ring substituents is 1. The Morgan fingerprint density at radius 3 is 2.68 bits per heavy atom. The Kier molecular flexibility index (Phi) is 6.16. The van der Waals surface area contributed by atoms with Crippen LogP contribution in [0.2, 0.25) is 0 Å². The molecule has 4 rings (SSSR count). The molecule has 156 valence electrons. The van der Waals surface area contributed by atoms with Crippen molar-refractivity contribution in [3.63, 3.8) is 0 Å². The van der Waals surface area contributed by atoms with E-state index in [1.54, 1.807) is 0 Å². The lowest BCUT2D eigenvalue weighted by molar-refractivity contribution is -0.384. The number of hydrogen-bond acceptors (Lipinski definition) is 10. The minimum atomic E-state index is -0.574. The van der Waals surface area contributed by atoms with E-state index < -0.39 is 10.8 Å². The van der Waals surface area contributed by atoms with Crippen molar-refractivity contribution in [1.29, 1.82) is 0 Å². The van der Waals surface area contributed by atoms with Gasteiger partial charge in [-0.2, -0.15) is 0 Å². The highest BCUT2D eigenvalue weighted by atomic mass is 32.2. The summed E-state index contributed by atoms with van der Waals surface area (Å²) in [4.78, 5) is 39.1. The van der Waals surface area contributed by atoms with Crippen LogP contribution in [0, 0.1) is 10.1 Å². The molecule has 13 heteroatoms. The first-order chi connectivity index (χ1) is 15.0. The number of amides is 2. The maximum absolute atomic E-state index is 12.3. The van der Waals surface area contributed by atoms with Crippen molar-refractivity contribution in [2.45, 2.75) is 4.34 Å². The highest BCUT2D eigenvalue weighted by Crippen LogP contribution is 2.28. The second-order valence-corrected chi connectivity index (χ2v) is 9.19. The number of rotatable bonds is 7. The Labute approximate surface area is 186 Å². The fraction of sp³-hybridized carbons (Fsp3) is 0.0556. The Hall–Kier alpha value is -3.42.